The van der Waals surface area contributed by atoms with Crippen molar-refractivity contribution in [1.82, 2.24) is 14.6 Å². The molecule has 2 aromatic heterocycles. The number of fused-ring (bicyclic) bond motifs is 2. The summed E-state index contributed by atoms with van der Waals surface area (Å²) < 4.78 is 1.05. The van der Waals surface area contributed by atoms with Crippen molar-refractivity contribution < 1.29 is 14.4 Å². The van der Waals surface area contributed by atoms with E-state index in [1.807, 2.05) is 44.2 Å². The van der Waals surface area contributed by atoms with Gasteiger partial charge in [0.1, 0.15) is 11.2 Å². The van der Waals surface area contributed by atoms with Crippen LogP contribution >= 0.6 is 11.3 Å². The lowest BCUT2D eigenvalue weighted by Crippen LogP contribution is -2.33. The van der Waals surface area contributed by atoms with Crippen LogP contribution in [0.25, 0.3) is 21.3 Å². The van der Waals surface area contributed by atoms with Crippen molar-refractivity contribution in [3.63, 3.8) is 0 Å². The molecule has 0 bridgehead atoms. The Bertz CT molecular complexity index is 1560. The molecule has 0 radical (unpaired) electrons. The van der Waals surface area contributed by atoms with Gasteiger partial charge in [-0.15, -0.1) is 11.3 Å². The van der Waals surface area contributed by atoms with E-state index in [0.717, 1.165) is 27.1 Å². The van der Waals surface area contributed by atoms with E-state index in [1.165, 1.54) is 40.8 Å². The van der Waals surface area contributed by atoms with Gasteiger partial charge in [-0.3, -0.25) is 29.5 Å². The standard InChI is InChI=1S/C26H22N4O4S/c1-3-4-12-29-24(32)18-11-10-17(13-19(18)25(29)33)22(31)28-30-14-27-23-21(26(30)34)20(15(2)35-23)16-8-6-5-7-9-16/h5-11,13-14H,3-4,12H2,1-2H3,(H,28,31). The molecule has 1 N–H and O–H groups in total. The van der Waals surface area contributed by atoms with Crippen LogP contribution in [0.5, 0.6) is 0 Å². The lowest BCUT2D eigenvalue weighted by Gasteiger charge is -2.12. The van der Waals surface area contributed by atoms with Crippen molar-refractivity contribution in [2.24, 2.45) is 0 Å². The number of aromatic nitrogens is 2. The largest absolute Gasteiger partial charge is 0.281 e. The number of aryl methyl sites for hydroxylation is 1. The molecule has 0 spiro atoms. The maximum atomic E-state index is 13.3. The van der Waals surface area contributed by atoms with E-state index in [4.69, 9.17) is 0 Å². The van der Waals surface area contributed by atoms with E-state index >= 15 is 0 Å². The smallest absolute Gasteiger partial charge is 0.274 e. The summed E-state index contributed by atoms with van der Waals surface area (Å²) in [6.45, 7) is 4.26. The summed E-state index contributed by atoms with van der Waals surface area (Å²) in [5.41, 5.74) is 4.50. The Balaban J connectivity index is 1.47. The molecule has 5 rings (SSSR count). The van der Waals surface area contributed by atoms with E-state index in [0.29, 0.717) is 23.2 Å². The number of carbonyl (C=O) groups excluding carboxylic acids is 3. The zero-order valence-electron chi connectivity index (χ0n) is 19.2. The molecule has 0 saturated carbocycles. The third kappa shape index (κ3) is 3.83. The summed E-state index contributed by atoms with van der Waals surface area (Å²) >= 11 is 1.42. The molecule has 3 amide bonds. The number of unbranched alkanes of at least 4 members (excludes halogenated alkanes) is 1. The summed E-state index contributed by atoms with van der Waals surface area (Å²) in [5.74, 6) is -1.34. The molecule has 2 aromatic carbocycles. The normalized spacial score (nSPS) is 12.9. The molecule has 3 heterocycles. The van der Waals surface area contributed by atoms with Gasteiger partial charge >= 0.3 is 0 Å². The van der Waals surface area contributed by atoms with Gasteiger partial charge in [-0.25, -0.2) is 9.66 Å². The van der Waals surface area contributed by atoms with Crippen molar-refractivity contribution >= 4 is 39.3 Å². The van der Waals surface area contributed by atoms with Crippen LogP contribution in [0.3, 0.4) is 0 Å². The highest BCUT2D eigenvalue weighted by Gasteiger charge is 2.35. The Kier molecular flexibility index (Phi) is 5.78. The van der Waals surface area contributed by atoms with Gasteiger partial charge in [0.15, 0.2) is 0 Å². The predicted molar refractivity (Wildman–Crippen MR) is 134 cm³/mol. The fourth-order valence-corrected chi connectivity index (χ4v) is 5.26. The first kappa shape index (κ1) is 22.7. The SMILES string of the molecule is CCCCN1C(=O)c2ccc(C(=O)Nn3cnc4sc(C)c(-c5ccccc5)c4c3=O)cc2C1=O. The maximum Gasteiger partial charge on any atom is 0.281 e. The molecule has 1 aliphatic heterocycles. The average molecular weight is 487 g/mol. The molecule has 0 unspecified atom stereocenters. The predicted octanol–water partition coefficient (Wildman–Crippen LogP) is 4.21. The Labute approximate surface area is 204 Å². The van der Waals surface area contributed by atoms with E-state index < -0.39 is 17.4 Å². The van der Waals surface area contributed by atoms with Crippen molar-refractivity contribution in [2.45, 2.75) is 26.7 Å². The summed E-state index contributed by atoms with van der Waals surface area (Å²) in [6, 6.07) is 13.9. The van der Waals surface area contributed by atoms with Crippen LogP contribution < -0.4 is 11.0 Å². The summed E-state index contributed by atoms with van der Waals surface area (Å²) in [5, 5.41) is 0.433. The van der Waals surface area contributed by atoms with E-state index in [9.17, 15) is 19.2 Å². The fourth-order valence-electron chi connectivity index (χ4n) is 4.26. The number of carbonyl (C=O) groups is 3. The summed E-state index contributed by atoms with van der Waals surface area (Å²) in [6.07, 6.45) is 2.84. The minimum Gasteiger partial charge on any atom is -0.274 e. The number of nitrogens with zero attached hydrogens (tertiary/aromatic N) is 3. The van der Waals surface area contributed by atoms with Crippen LogP contribution in [0.2, 0.25) is 0 Å². The number of hydrogen-bond acceptors (Lipinski definition) is 6. The van der Waals surface area contributed by atoms with Crippen LogP contribution in [0, 0.1) is 6.92 Å². The molecule has 8 nitrogen and oxygen atoms in total. The van der Waals surface area contributed by atoms with Gasteiger partial charge in [0.05, 0.1) is 16.5 Å². The second kappa shape index (κ2) is 8.92. The molecule has 35 heavy (non-hydrogen) atoms. The van der Waals surface area contributed by atoms with Crippen LogP contribution in [0.4, 0.5) is 0 Å². The van der Waals surface area contributed by atoms with Crippen LogP contribution in [-0.2, 0) is 0 Å². The van der Waals surface area contributed by atoms with Gasteiger partial charge in [0, 0.05) is 22.5 Å². The lowest BCUT2D eigenvalue weighted by molar-refractivity contribution is 0.0652. The molecule has 0 atom stereocenters. The fraction of sp³-hybridized carbons (Fsp3) is 0.192. The van der Waals surface area contributed by atoms with Crippen molar-refractivity contribution in [2.75, 3.05) is 12.0 Å². The molecule has 0 saturated heterocycles. The van der Waals surface area contributed by atoms with Crippen molar-refractivity contribution in [3.8, 4) is 11.1 Å². The molecule has 1 aliphatic rings. The third-order valence-electron chi connectivity index (χ3n) is 6.04. The van der Waals surface area contributed by atoms with E-state index in [-0.39, 0.29) is 22.6 Å². The molecule has 4 aromatic rings. The monoisotopic (exact) mass is 486 g/mol. The number of nitrogens with one attached hydrogen (secondary N) is 1. The minimum absolute atomic E-state index is 0.166. The van der Waals surface area contributed by atoms with Gasteiger partial charge < -0.3 is 0 Å². The van der Waals surface area contributed by atoms with Crippen LogP contribution in [-0.4, -0.2) is 38.8 Å². The zero-order chi connectivity index (χ0) is 24.7. The second-order valence-corrected chi connectivity index (χ2v) is 9.52. The van der Waals surface area contributed by atoms with Gasteiger partial charge in [0.25, 0.3) is 23.3 Å². The first-order valence-corrected chi connectivity index (χ1v) is 12.1. The average Bonchev–Trinajstić information content (AvgIpc) is 3.33. The van der Waals surface area contributed by atoms with Crippen molar-refractivity contribution in [3.05, 3.63) is 86.8 Å². The second-order valence-electron chi connectivity index (χ2n) is 8.32. The number of amides is 3. The third-order valence-corrected chi connectivity index (χ3v) is 7.05. The van der Waals surface area contributed by atoms with Crippen molar-refractivity contribution in [1.29, 1.82) is 0 Å². The highest BCUT2D eigenvalue weighted by Crippen LogP contribution is 2.35. The highest BCUT2D eigenvalue weighted by atomic mass is 32.1. The Morgan fingerprint density at radius 1 is 1.03 bits per heavy atom. The number of hydrogen-bond donors (Lipinski definition) is 1. The van der Waals surface area contributed by atoms with Gasteiger partial charge in [0.2, 0.25) is 0 Å². The van der Waals surface area contributed by atoms with Gasteiger partial charge in [-0.05, 0) is 37.1 Å². The van der Waals surface area contributed by atoms with Gasteiger partial charge in [-0.2, -0.15) is 0 Å². The maximum absolute atomic E-state index is 13.3. The minimum atomic E-state index is -0.587. The summed E-state index contributed by atoms with van der Waals surface area (Å²) in [4.78, 5) is 58.8. The number of rotatable bonds is 6. The Morgan fingerprint density at radius 3 is 2.51 bits per heavy atom. The van der Waals surface area contributed by atoms with Crippen LogP contribution in [0.1, 0.15) is 55.7 Å². The molecule has 0 fully saturated rings. The Hall–Kier alpha value is -4.11. The molecular formula is C26H22N4O4S. The van der Waals surface area contributed by atoms with Gasteiger partial charge in [-0.1, -0.05) is 43.7 Å². The van der Waals surface area contributed by atoms with Crippen LogP contribution in [0.15, 0.2) is 59.7 Å². The highest BCUT2D eigenvalue weighted by molar-refractivity contribution is 7.19. The molecule has 176 valence electrons. The quantitative estimate of drug-likeness (QED) is 0.412. The van der Waals surface area contributed by atoms with E-state index in [1.54, 1.807) is 0 Å². The first-order valence-electron chi connectivity index (χ1n) is 11.3. The number of benzene rings is 2. The molecular weight excluding hydrogens is 464 g/mol. The molecule has 9 heteroatoms. The zero-order valence-corrected chi connectivity index (χ0v) is 20.0. The lowest BCUT2D eigenvalue weighted by atomic mass is 10.0. The first-order chi connectivity index (χ1) is 16.9. The van der Waals surface area contributed by atoms with E-state index in [2.05, 4.69) is 10.4 Å². The summed E-state index contributed by atoms with van der Waals surface area (Å²) in [7, 11) is 0. The number of imide groups is 1. The molecule has 0 aliphatic carbocycles. The topological polar surface area (TPSA) is 101 Å². The number of thiophene rings is 1. The Morgan fingerprint density at radius 2 is 1.77 bits per heavy atom.